The summed E-state index contributed by atoms with van der Waals surface area (Å²) in [5, 5.41) is 10.1. The van der Waals surface area contributed by atoms with E-state index in [1.54, 1.807) is 11.8 Å². The van der Waals surface area contributed by atoms with Crippen molar-refractivity contribution in [1.82, 2.24) is 24.7 Å². The number of carbonyl (C=O) groups excluding carboxylic acids is 1. The number of hydrogen-bond acceptors (Lipinski definition) is 7. The molecule has 0 aliphatic rings. The quantitative estimate of drug-likeness (QED) is 0.310. The van der Waals surface area contributed by atoms with Gasteiger partial charge in [0.2, 0.25) is 0 Å². The van der Waals surface area contributed by atoms with E-state index in [0.717, 1.165) is 45.2 Å². The van der Waals surface area contributed by atoms with E-state index in [9.17, 15) is 4.79 Å². The van der Waals surface area contributed by atoms with Crippen LogP contribution in [0.2, 0.25) is 0 Å². The Hall–Kier alpha value is -2.19. The Morgan fingerprint density at radius 3 is 2.32 bits per heavy atom. The predicted octanol–water partition coefficient (Wildman–Crippen LogP) is 4.28. The van der Waals surface area contributed by atoms with Crippen LogP contribution in [0.5, 0.6) is 0 Å². The van der Waals surface area contributed by atoms with Gasteiger partial charge in [-0.1, -0.05) is 53.4 Å². The fraction of sp³-hybridized carbons (Fsp3) is 0.350. The molecular formula is C20H23N5OS2. The van der Waals surface area contributed by atoms with Gasteiger partial charge in [-0.15, -0.1) is 10.2 Å². The molecule has 0 saturated heterocycles. The molecule has 0 unspecified atom stereocenters. The minimum absolute atomic E-state index is 0.0928. The summed E-state index contributed by atoms with van der Waals surface area (Å²) in [4.78, 5) is 21.3. The summed E-state index contributed by atoms with van der Waals surface area (Å²) in [6.07, 6.45) is 0. The average molecular weight is 414 g/mol. The maximum absolute atomic E-state index is 12.4. The van der Waals surface area contributed by atoms with Crippen molar-refractivity contribution < 1.29 is 4.79 Å². The van der Waals surface area contributed by atoms with Gasteiger partial charge in [-0.2, -0.15) is 0 Å². The Morgan fingerprint density at radius 2 is 1.68 bits per heavy atom. The summed E-state index contributed by atoms with van der Waals surface area (Å²) in [6, 6.07) is 9.61. The van der Waals surface area contributed by atoms with E-state index in [4.69, 9.17) is 0 Å². The molecule has 28 heavy (non-hydrogen) atoms. The smallest absolute Gasteiger partial charge is 0.191 e. The van der Waals surface area contributed by atoms with Crippen LogP contribution in [0, 0.1) is 20.8 Å². The van der Waals surface area contributed by atoms with Crippen LogP contribution in [-0.2, 0) is 12.3 Å². The zero-order chi connectivity index (χ0) is 20.1. The van der Waals surface area contributed by atoms with Gasteiger partial charge >= 0.3 is 0 Å². The van der Waals surface area contributed by atoms with Crippen molar-refractivity contribution in [3.05, 3.63) is 58.7 Å². The first-order valence-electron chi connectivity index (χ1n) is 9.06. The lowest BCUT2D eigenvalue weighted by molar-refractivity contribution is 0.102. The second-order valence-corrected chi connectivity index (χ2v) is 8.33. The van der Waals surface area contributed by atoms with Gasteiger partial charge in [-0.3, -0.25) is 4.79 Å². The SMILES string of the molecule is CCn1c(CSc2nc(C)cc(C)n2)nnc1SCC(=O)c1ccc(C)cc1. The third kappa shape index (κ3) is 5.20. The number of hydrogen-bond donors (Lipinski definition) is 0. The Kier molecular flexibility index (Phi) is 6.85. The maximum atomic E-state index is 12.4. The molecular weight excluding hydrogens is 390 g/mol. The van der Waals surface area contributed by atoms with Crippen molar-refractivity contribution in [2.45, 2.75) is 50.3 Å². The second-order valence-electron chi connectivity index (χ2n) is 6.44. The lowest BCUT2D eigenvalue weighted by Gasteiger charge is -2.07. The fourth-order valence-electron chi connectivity index (χ4n) is 2.69. The Bertz CT molecular complexity index is 949. The van der Waals surface area contributed by atoms with Crippen molar-refractivity contribution in [1.29, 1.82) is 0 Å². The monoisotopic (exact) mass is 413 g/mol. The van der Waals surface area contributed by atoms with Gasteiger partial charge in [0.05, 0.1) is 11.5 Å². The summed E-state index contributed by atoms with van der Waals surface area (Å²) in [6.45, 7) is 8.74. The molecule has 6 nitrogen and oxygen atoms in total. The van der Waals surface area contributed by atoms with Crippen molar-refractivity contribution in [2.75, 3.05) is 5.75 Å². The van der Waals surface area contributed by atoms with Crippen LogP contribution in [0.25, 0.3) is 0 Å². The first-order valence-corrected chi connectivity index (χ1v) is 11.0. The maximum Gasteiger partial charge on any atom is 0.191 e. The van der Waals surface area contributed by atoms with Crippen molar-refractivity contribution in [3.63, 3.8) is 0 Å². The molecule has 2 heterocycles. The number of Topliss-reactive ketones (excluding diaryl/α,β-unsaturated/α-hetero) is 1. The van der Waals surface area contributed by atoms with E-state index in [-0.39, 0.29) is 5.78 Å². The standard InChI is InChI=1S/C20H23N5OS2/c1-5-25-18(12-27-19-21-14(3)10-15(4)22-19)23-24-20(25)28-11-17(26)16-8-6-13(2)7-9-16/h6-10H,5,11-12H2,1-4H3. The van der Waals surface area contributed by atoms with E-state index >= 15 is 0 Å². The highest BCUT2D eigenvalue weighted by Gasteiger charge is 2.15. The molecule has 0 spiro atoms. The minimum Gasteiger partial charge on any atom is -0.306 e. The van der Waals surface area contributed by atoms with Crippen molar-refractivity contribution in [3.8, 4) is 0 Å². The zero-order valence-electron chi connectivity index (χ0n) is 16.5. The molecule has 2 aromatic heterocycles. The molecule has 0 fully saturated rings. The Labute approximate surface area is 173 Å². The van der Waals surface area contributed by atoms with Gasteiger partial charge < -0.3 is 4.57 Å². The summed E-state index contributed by atoms with van der Waals surface area (Å²) in [5.74, 6) is 1.93. The average Bonchev–Trinajstić information content (AvgIpc) is 3.06. The number of carbonyl (C=O) groups is 1. The summed E-state index contributed by atoms with van der Waals surface area (Å²) >= 11 is 2.97. The van der Waals surface area contributed by atoms with Crippen LogP contribution in [0.15, 0.2) is 40.6 Å². The normalized spacial score (nSPS) is 11.0. The first-order chi connectivity index (χ1) is 13.5. The minimum atomic E-state index is 0.0928. The number of aromatic nitrogens is 5. The van der Waals surface area contributed by atoms with E-state index < -0.39 is 0 Å². The molecule has 0 aliphatic carbocycles. The molecule has 0 saturated carbocycles. The van der Waals surface area contributed by atoms with Crippen LogP contribution in [0.1, 0.15) is 40.1 Å². The lowest BCUT2D eigenvalue weighted by Crippen LogP contribution is -2.06. The second kappa shape index (κ2) is 9.34. The van der Waals surface area contributed by atoms with Crippen LogP contribution in [0.4, 0.5) is 0 Å². The number of nitrogens with zero attached hydrogens (tertiary/aromatic N) is 5. The van der Waals surface area contributed by atoms with Crippen LogP contribution in [0.3, 0.4) is 0 Å². The van der Waals surface area contributed by atoms with Crippen LogP contribution >= 0.6 is 23.5 Å². The summed E-state index contributed by atoms with van der Waals surface area (Å²) in [7, 11) is 0. The molecule has 0 radical (unpaired) electrons. The molecule has 3 aromatic rings. The molecule has 0 aliphatic heterocycles. The van der Waals surface area contributed by atoms with Gasteiger partial charge in [0.1, 0.15) is 5.82 Å². The van der Waals surface area contributed by atoms with Gasteiger partial charge in [0, 0.05) is 23.5 Å². The van der Waals surface area contributed by atoms with Crippen molar-refractivity contribution in [2.24, 2.45) is 0 Å². The summed E-state index contributed by atoms with van der Waals surface area (Å²) < 4.78 is 2.04. The highest BCUT2D eigenvalue weighted by Crippen LogP contribution is 2.23. The van der Waals surface area contributed by atoms with E-state index in [1.807, 2.05) is 55.7 Å². The van der Waals surface area contributed by atoms with E-state index in [0.29, 0.717) is 11.5 Å². The predicted molar refractivity (Wildman–Crippen MR) is 113 cm³/mol. The third-order valence-electron chi connectivity index (χ3n) is 4.11. The van der Waals surface area contributed by atoms with Crippen molar-refractivity contribution >= 4 is 29.3 Å². The van der Waals surface area contributed by atoms with Gasteiger partial charge in [-0.25, -0.2) is 9.97 Å². The Morgan fingerprint density at radius 1 is 1.00 bits per heavy atom. The highest BCUT2D eigenvalue weighted by atomic mass is 32.2. The molecule has 8 heteroatoms. The van der Waals surface area contributed by atoms with Gasteiger partial charge in [0.15, 0.2) is 16.1 Å². The van der Waals surface area contributed by atoms with Crippen LogP contribution < -0.4 is 0 Å². The zero-order valence-corrected chi connectivity index (χ0v) is 18.1. The topological polar surface area (TPSA) is 73.6 Å². The number of rotatable bonds is 8. The molecule has 0 bridgehead atoms. The fourth-order valence-corrected chi connectivity index (χ4v) is 4.49. The molecule has 146 valence electrons. The van der Waals surface area contributed by atoms with Crippen LogP contribution in [-0.4, -0.2) is 36.3 Å². The molecule has 0 atom stereocenters. The largest absolute Gasteiger partial charge is 0.306 e. The molecule has 1 aromatic carbocycles. The van der Waals surface area contributed by atoms with E-state index in [1.165, 1.54) is 11.8 Å². The first kappa shape index (κ1) is 20.5. The number of thioether (sulfide) groups is 2. The molecule has 0 N–H and O–H groups in total. The third-order valence-corrected chi connectivity index (χ3v) is 5.92. The summed E-state index contributed by atoms with van der Waals surface area (Å²) in [5.41, 5.74) is 3.78. The number of benzene rings is 1. The highest BCUT2D eigenvalue weighted by molar-refractivity contribution is 7.99. The Balaban J connectivity index is 1.64. The van der Waals surface area contributed by atoms with Gasteiger partial charge in [0.25, 0.3) is 0 Å². The number of aryl methyl sites for hydroxylation is 3. The van der Waals surface area contributed by atoms with E-state index in [2.05, 4.69) is 27.1 Å². The lowest BCUT2D eigenvalue weighted by atomic mass is 10.1. The van der Waals surface area contributed by atoms with Gasteiger partial charge in [-0.05, 0) is 33.8 Å². The molecule has 3 rings (SSSR count). The molecule has 0 amide bonds. The number of ketones is 1.